The lowest BCUT2D eigenvalue weighted by molar-refractivity contribution is -0.208. The Bertz CT molecular complexity index is 1170. The minimum atomic E-state index is -4.68. The molecular formula is C20H17F4N5O2S. The number of benzene rings is 1. The van der Waals surface area contributed by atoms with Gasteiger partial charge in [0.25, 0.3) is 6.02 Å². The second-order valence-electron chi connectivity index (χ2n) is 7.29. The number of hydrogen-bond donors (Lipinski definition) is 1. The average Bonchev–Trinajstić information content (AvgIpc) is 3.23. The predicted molar refractivity (Wildman–Crippen MR) is 109 cm³/mol. The molecule has 0 fully saturated rings. The average molecular weight is 467 g/mol. The molecule has 2 aromatic heterocycles. The molecule has 4 rings (SSSR count). The summed E-state index contributed by atoms with van der Waals surface area (Å²) in [4.78, 5) is 13.3. The molecule has 0 saturated carbocycles. The molecule has 0 aliphatic carbocycles. The molecule has 1 aliphatic rings. The summed E-state index contributed by atoms with van der Waals surface area (Å²) in [5.74, 6) is -0.132. The smallest absolute Gasteiger partial charge is 0.425 e. The number of thioether (sulfide) groups is 1. The lowest BCUT2D eigenvalue weighted by Crippen LogP contribution is -2.46. The maximum Gasteiger partial charge on any atom is 0.425 e. The van der Waals surface area contributed by atoms with E-state index in [0.717, 1.165) is 11.0 Å². The number of halogens is 4. The Morgan fingerprint density at radius 1 is 1.19 bits per heavy atom. The molecule has 0 radical (unpaired) electrons. The third kappa shape index (κ3) is 4.27. The van der Waals surface area contributed by atoms with E-state index in [1.807, 2.05) is 6.26 Å². The molecule has 1 aliphatic heterocycles. The molecule has 2 atom stereocenters. The van der Waals surface area contributed by atoms with Crippen molar-refractivity contribution in [2.75, 3.05) is 6.26 Å². The standard InChI is InChI=1S/C20H17F4N5O2S/c1-19(7-16(20(22,23)24)30-18(25)28-19)12-5-10(3-4-13(12)21)15-6-14(29-31-15)17-26-8-11(32-2)9-27-17/h3-6,8-9,16H,7H2,1-2H3,(H2,25,28)/t16-,19-/m0/s1. The number of aliphatic imine (C=N–C) groups is 1. The summed E-state index contributed by atoms with van der Waals surface area (Å²) in [6.45, 7) is 1.37. The van der Waals surface area contributed by atoms with Gasteiger partial charge in [-0.25, -0.2) is 19.4 Å². The predicted octanol–water partition coefficient (Wildman–Crippen LogP) is 4.54. The van der Waals surface area contributed by atoms with Crippen LogP contribution in [0.4, 0.5) is 17.6 Å². The van der Waals surface area contributed by atoms with E-state index in [4.69, 9.17) is 10.3 Å². The van der Waals surface area contributed by atoms with Crippen LogP contribution in [-0.2, 0) is 10.3 Å². The van der Waals surface area contributed by atoms with Crippen molar-refractivity contribution in [3.05, 3.63) is 48.0 Å². The number of hydrogen-bond acceptors (Lipinski definition) is 8. The number of nitrogens with two attached hydrogens (primary N) is 1. The minimum absolute atomic E-state index is 0.0750. The Kier molecular flexibility index (Phi) is 5.57. The third-order valence-electron chi connectivity index (χ3n) is 5.00. The Hall–Kier alpha value is -3.15. The van der Waals surface area contributed by atoms with Crippen molar-refractivity contribution in [1.29, 1.82) is 0 Å². The number of ether oxygens (including phenoxy) is 1. The first-order valence-electron chi connectivity index (χ1n) is 9.31. The van der Waals surface area contributed by atoms with Crippen molar-refractivity contribution in [2.24, 2.45) is 10.7 Å². The number of amidine groups is 1. The summed E-state index contributed by atoms with van der Waals surface area (Å²) in [5, 5.41) is 3.94. The quantitative estimate of drug-likeness (QED) is 0.444. The van der Waals surface area contributed by atoms with Crippen LogP contribution in [0, 0.1) is 5.82 Å². The monoisotopic (exact) mass is 467 g/mol. The van der Waals surface area contributed by atoms with Crippen molar-refractivity contribution in [2.45, 2.75) is 36.1 Å². The van der Waals surface area contributed by atoms with Crippen molar-refractivity contribution in [1.82, 2.24) is 15.1 Å². The molecule has 2 N–H and O–H groups in total. The van der Waals surface area contributed by atoms with E-state index in [-0.39, 0.29) is 11.3 Å². The van der Waals surface area contributed by atoms with E-state index in [1.54, 1.807) is 18.5 Å². The summed E-state index contributed by atoms with van der Waals surface area (Å²) in [6, 6.07) is 4.84. The lowest BCUT2D eigenvalue weighted by Gasteiger charge is -2.36. The SMILES string of the molecule is CSc1cnc(-c2cc(-c3ccc(F)c([C@]4(C)C[C@@H](C(F)(F)F)OC(N)=N4)c3)on2)nc1. The van der Waals surface area contributed by atoms with Crippen LogP contribution in [0.15, 0.2) is 51.1 Å². The van der Waals surface area contributed by atoms with Gasteiger partial charge >= 0.3 is 6.18 Å². The summed E-state index contributed by atoms with van der Waals surface area (Å²) in [6.07, 6.45) is -2.33. The third-order valence-corrected chi connectivity index (χ3v) is 5.68. The van der Waals surface area contributed by atoms with Gasteiger partial charge in [0, 0.05) is 40.9 Å². The Morgan fingerprint density at radius 2 is 1.91 bits per heavy atom. The summed E-state index contributed by atoms with van der Waals surface area (Å²) in [5.41, 5.74) is 4.56. The molecule has 7 nitrogen and oxygen atoms in total. The van der Waals surface area contributed by atoms with Crippen LogP contribution in [0.25, 0.3) is 22.8 Å². The fourth-order valence-electron chi connectivity index (χ4n) is 3.38. The van der Waals surface area contributed by atoms with Gasteiger partial charge in [0.1, 0.15) is 5.82 Å². The molecule has 3 aromatic rings. The van der Waals surface area contributed by atoms with Crippen molar-refractivity contribution < 1.29 is 26.8 Å². The van der Waals surface area contributed by atoms with Crippen molar-refractivity contribution in [3.63, 3.8) is 0 Å². The van der Waals surface area contributed by atoms with Gasteiger partial charge in [-0.05, 0) is 31.4 Å². The zero-order valence-corrected chi connectivity index (χ0v) is 17.7. The molecule has 3 heterocycles. The molecule has 12 heteroatoms. The van der Waals surface area contributed by atoms with Gasteiger partial charge in [-0.1, -0.05) is 5.16 Å². The van der Waals surface area contributed by atoms with E-state index in [0.29, 0.717) is 17.1 Å². The molecule has 0 spiro atoms. The highest BCUT2D eigenvalue weighted by atomic mass is 32.2. The van der Waals surface area contributed by atoms with Crippen LogP contribution >= 0.6 is 11.8 Å². The van der Waals surface area contributed by atoms with Crippen LogP contribution < -0.4 is 5.73 Å². The lowest BCUT2D eigenvalue weighted by atomic mass is 9.84. The molecule has 0 unspecified atom stereocenters. The second kappa shape index (κ2) is 8.08. The van der Waals surface area contributed by atoms with E-state index in [2.05, 4.69) is 24.9 Å². The zero-order valence-electron chi connectivity index (χ0n) is 16.9. The Labute approximate surface area is 184 Å². The van der Waals surface area contributed by atoms with Crippen molar-refractivity contribution >= 4 is 17.8 Å². The van der Waals surface area contributed by atoms with E-state index >= 15 is 0 Å². The first-order valence-corrected chi connectivity index (χ1v) is 10.5. The summed E-state index contributed by atoms with van der Waals surface area (Å²) in [7, 11) is 0. The molecule has 1 aromatic carbocycles. The summed E-state index contributed by atoms with van der Waals surface area (Å²) >= 11 is 1.49. The Morgan fingerprint density at radius 3 is 2.56 bits per heavy atom. The van der Waals surface area contributed by atoms with Crippen LogP contribution in [-0.4, -0.2) is 39.7 Å². The number of rotatable bonds is 4. The van der Waals surface area contributed by atoms with Gasteiger partial charge in [-0.15, -0.1) is 11.8 Å². The number of alkyl halides is 3. The minimum Gasteiger partial charge on any atom is -0.452 e. The topological polar surface area (TPSA) is 99.4 Å². The van der Waals surface area contributed by atoms with Gasteiger partial charge in [0.05, 0.1) is 5.54 Å². The van der Waals surface area contributed by atoms with E-state index in [9.17, 15) is 17.6 Å². The first-order chi connectivity index (χ1) is 15.1. The Balaban J connectivity index is 1.69. The molecule has 0 saturated heterocycles. The van der Waals surface area contributed by atoms with Crippen LogP contribution in [0.5, 0.6) is 0 Å². The normalized spacial score (nSPS) is 21.2. The zero-order chi connectivity index (χ0) is 23.1. The first kappa shape index (κ1) is 22.1. The molecule has 32 heavy (non-hydrogen) atoms. The molecule has 0 bridgehead atoms. The van der Waals surface area contributed by atoms with Gasteiger partial charge in [0.15, 0.2) is 23.4 Å². The van der Waals surface area contributed by atoms with E-state index < -0.39 is 36.1 Å². The highest BCUT2D eigenvalue weighted by Gasteiger charge is 2.50. The van der Waals surface area contributed by atoms with Gasteiger partial charge < -0.3 is 15.0 Å². The number of nitrogens with zero attached hydrogens (tertiary/aromatic N) is 4. The highest BCUT2D eigenvalue weighted by Crippen LogP contribution is 2.41. The van der Waals surface area contributed by atoms with Gasteiger partial charge in [-0.3, -0.25) is 0 Å². The highest BCUT2D eigenvalue weighted by molar-refractivity contribution is 7.98. The van der Waals surface area contributed by atoms with Crippen molar-refractivity contribution in [3.8, 4) is 22.8 Å². The fourth-order valence-corrected chi connectivity index (χ4v) is 3.69. The summed E-state index contributed by atoms with van der Waals surface area (Å²) < 4.78 is 64.5. The molecule has 168 valence electrons. The maximum absolute atomic E-state index is 14.7. The molecular weight excluding hydrogens is 450 g/mol. The van der Waals surface area contributed by atoms with Gasteiger partial charge in [-0.2, -0.15) is 13.2 Å². The van der Waals surface area contributed by atoms with Gasteiger partial charge in [0.2, 0.25) is 0 Å². The molecule has 0 amide bonds. The van der Waals surface area contributed by atoms with E-state index in [1.165, 1.54) is 30.8 Å². The number of aromatic nitrogens is 3. The van der Waals surface area contributed by atoms with Crippen LogP contribution in [0.1, 0.15) is 18.9 Å². The van der Waals surface area contributed by atoms with Crippen LogP contribution in [0.2, 0.25) is 0 Å². The van der Waals surface area contributed by atoms with Crippen LogP contribution in [0.3, 0.4) is 0 Å². The second-order valence-corrected chi connectivity index (χ2v) is 8.17. The maximum atomic E-state index is 14.7. The fraction of sp³-hybridized carbons (Fsp3) is 0.300. The largest absolute Gasteiger partial charge is 0.452 e.